The lowest BCUT2D eigenvalue weighted by molar-refractivity contribution is -0.118. The summed E-state index contributed by atoms with van der Waals surface area (Å²) in [4.78, 5) is 14.2. The van der Waals surface area contributed by atoms with E-state index < -0.39 is 0 Å². The third kappa shape index (κ3) is 3.93. The molecule has 1 aliphatic rings. The molecule has 1 aromatic carbocycles. The Morgan fingerprint density at radius 2 is 2.37 bits per heavy atom. The molecule has 19 heavy (non-hydrogen) atoms. The summed E-state index contributed by atoms with van der Waals surface area (Å²) in [5.74, 6) is 0.00803. The van der Waals surface area contributed by atoms with E-state index in [1.165, 1.54) is 0 Å². The zero-order valence-corrected chi connectivity index (χ0v) is 12.1. The Morgan fingerprint density at radius 3 is 3.05 bits per heavy atom. The molecule has 2 rings (SSSR count). The number of benzene rings is 1. The van der Waals surface area contributed by atoms with Gasteiger partial charge in [0.15, 0.2) is 0 Å². The summed E-state index contributed by atoms with van der Waals surface area (Å²) in [7, 11) is 0. The number of carbonyl (C=O) groups excluding carboxylic acids is 1. The highest BCUT2D eigenvalue weighted by Crippen LogP contribution is 2.19. The second kappa shape index (κ2) is 6.37. The van der Waals surface area contributed by atoms with Crippen molar-refractivity contribution in [3.8, 4) is 0 Å². The second-order valence-corrected chi connectivity index (χ2v) is 5.44. The van der Waals surface area contributed by atoms with Gasteiger partial charge in [0.1, 0.15) is 0 Å². The van der Waals surface area contributed by atoms with Crippen LogP contribution in [-0.2, 0) is 4.79 Å². The van der Waals surface area contributed by atoms with Gasteiger partial charge in [0, 0.05) is 36.4 Å². The Labute approximate surface area is 119 Å². The van der Waals surface area contributed by atoms with Crippen LogP contribution >= 0.6 is 11.6 Å². The average Bonchev–Trinajstić information content (AvgIpc) is 2.37. The maximum absolute atomic E-state index is 12.0. The van der Waals surface area contributed by atoms with Crippen LogP contribution in [0.15, 0.2) is 18.2 Å². The number of rotatable bonds is 3. The van der Waals surface area contributed by atoms with Gasteiger partial charge in [-0.05, 0) is 31.5 Å². The van der Waals surface area contributed by atoms with E-state index in [1.54, 1.807) is 6.07 Å². The largest absolute Gasteiger partial charge is 0.325 e. The number of nitrogens with zero attached hydrogens (tertiary/aromatic N) is 1. The lowest BCUT2D eigenvalue weighted by Crippen LogP contribution is -2.51. The average molecular weight is 282 g/mol. The van der Waals surface area contributed by atoms with Gasteiger partial charge >= 0.3 is 0 Å². The first-order valence-corrected chi connectivity index (χ1v) is 6.95. The Kier molecular flexibility index (Phi) is 4.80. The molecule has 0 aromatic heterocycles. The molecular weight excluding hydrogens is 262 g/mol. The number of nitrogens with one attached hydrogen (secondary N) is 2. The molecule has 5 heteroatoms. The monoisotopic (exact) mass is 281 g/mol. The number of amides is 1. The predicted octanol–water partition coefficient (Wildman–Crippen LogP) is 1.88. The van der Waals surface area contributed by atoms with Crippen LogP contribution in [0.1, 0.15) is 12.5 Å². The number of aryl methyl sites for hydroxylation is 1. The third-order valence-electron chi connectivity index (χ3n) is 3.44. The summed E-state index contributed by atoms with van der Waals surface area (Å²) in [6.45, 7) is 7.27. The van der Waals surface area contributed by atoms with Crippen molar-refractivity contribution in [3.05, 3.63) is 28.8 Å². The molecule has 1 saturated heterocycles. The van der Waals surface area contributed by atoms with Gasteiger partial charge in [0.25, 0.3) is 0 Å². The van der Waals surface area contributed by atoms with Gasteiger partial charge in [-0.15, -0.1) is 0 Å². The standard InChI is InChI=1S/C14H20ClN3O/c1-10-3-4-12(7-13(10)15)17-14(19)9-18-6-5-16-8-11(18)2/h3-4,7,11,16H,5-6,8-9H2,1-2H3,(H,17,19). The normalized spacial score (nSPS) is 20.3. The third-order valence-corrected chi connectivity index (χ3v) is 3.85. The maximum atomic E-state index is 12.0. The zero-order valence-electron chi connectivity index (χ0n) is 11.4. The summed E-state index contributed by atoms with van der Waals surface area (Å²) >= 11 is 6.04. The van der Waals surface area contributed by atoms with Gasteiger partial charge in [-0.2, -0.15) is 0 Å². The molecule has 0 saturated carbocycles. The first kappa shape index (κ1) is 14.3. The Hall–Kier alpha value is -1.10. The molecule has 0 spiro atoms. The molecule has 1 amide bonds. The zero-order chi connectivity index (χ0) is 13.8. The number of hydrogen-bond acceptors (Lipinski definition) is 3. The molecule has 1 aromatic rings. The van der Waals surface area contributed by atoms with Crippen LogP contribution in [0.25, 0.3) is 0 Å². The minimum absolute atomic E-state index is 0.00803. The molecule has 1 heterocycles. The lowest BCUT2D eigenvalue weighted by Gasteiger charge is -2.33. The highest BCUT2D eigenvalue weighted by Gasteiger charge is 2.20. The maximum Gasteiger partial charge on any atom is 0.238 e. The van der Waals surface area contributed by atoms with Crippen LogP contribution < -0.4 is 10.6 Å². The summed E-state index contributed by atoms with van der Waals surface area (Å²) in [5.41, 5.74) is 1.76. The first-order valence-electron chi connectivity index (χ1n) is 6.57. The van der Waals surface area contributed by atoms with Crippen LogP contribution in [0.5, 0.6) is 0 Å². The van der Waals surface area contributed by atoms with E-state index in [2.05, 4.69) is 22.5 Å². The molecular formula is C14H20ClN3O. The molecule has 2 N–H and O–H groups in total. The fraction of sp³-hybridized carbons (Fsp3) is 0.500. The topological polar surface area (TPSA) is 44.4 Å². The van der Waals surface area contributed by atoms with Gasteiger partial charge in [-0.1, -0.05) is 17.7 Å². The quantitative estimate of drug-likeness (QED) is 0.889. The molecule has 4 nitrogen and oxygen atoms in total. The fourth-order valence-electron chi connectivity index (χ4n) is 2.17. The van der Waals surface area contributed by atoms with E-state index in [9.17, 15) is 4.79 Å². The van der Waals surface area contributed by atoms with Gasteiger partial charge in [-0.3, -0.25) is 9.69 Å². The van der Waals surface area contributed by atoms with Crippen LogP contribution in [0.4, 0.5) is 5.69 Å². The van der Waals surface area contributed by atoms with Crippen molar-refractivity contribution in [1.82, 2.24) is 10.2 Å². The molecule has 0 bridgehead atoms. The minimum Gasteiger partial charge on any atom is -0.325 e. The predicted molar refractivity (Wildman–Crippen MR) is 78.7 cm³/mol. The van der Waals surface area contributed by atoms with Crippen LogP contribution in [0.3, 0.4) is 0 Å². The Morgan fingerprint density at radius 1 is 1.58 bits per heavy atom. The lowest BCUT2D eigenvalue weighted by atomic mass is 10.2. The number of piperazine rings is 1. The van der Waals surface area contributed by atoms with E-state index in [-0.39, 0.29) is 5.91 Å². The summed E-state index contributed by atoms with van der Waals surface area (Å²) in [6, 6.07) is 5.96. The van der Waals surface area contributed by atoms with Crippen LogP contribution in [0, 0.1) is 6.92 Å². The van der Waals surface area contributed by atoms with E-state index in [1.807, 2.05) is 19.1 Å². The number of carbonyl (C=O) groups is 1. The van der Waals surface area contributed by atoms with Gasteiger partial charge < -0.3 is 10.6 Å². The smallest absolute Gasteiger partial charge is 0.238 e. The minimum atomic E-state index is 0.00803. The van der Waals surface area contributed by atoms with Crippen molar-refractivity contribution in [1.29, 1.82) is 0 Å². The first-order chi connectivity index (χ1) is 9.06. The molecule has 104 valence electrons. The number of halogens is 1. The summed E-state index contributed by atoms with van der Waals surface area (Å²) in [6.07, 6.45) is 0. The highest BCUT2D eigenvalue weighted by atomic mass is 35.5. The van der Waals surface area contributed by atoms with Crippen molar-refractivity contribution in [2.45, 2.75) is 19.9 Å². The Balaban J connectivity index is 1.91. The van der Waals surface area contributed by atoms with Crippen molar-refractivity contribution in [2.24, 2.45) is 0 Å². The fourth-order valence-corrected chi connectivity index (χ4v) is 2.35. The SMILES string of the molecule is Cc1ccc(NC(=O)CN2CCNCC2C)cc1Cl. The molecule has 0 aliphatic carbocycles. The summed E-state index contributed by atoms with van der Waals surface area (Å²) < 4.78 is 0. The summed E-state index contributed by atoms with van der Waals surface area (Å²) in [5, 5.41) is 6.88. The molecule has 1 atom stereocenters. The van der Waals surface area contributed by atoms with Crippen molar-refractivity contribution < 1.29 is 4.79 Å². The number of hydrogen-bond donors (Lipinski definition) is 2. The van der Waals surface area contributed by atoms with Crippen LogP contribution in [0.2, 0.25) is 5.02 Å². The second-order valence-electron chi connectivity index (χ2n) is 5.04. The highest BCUT2D eigenvalue weighted by molar-refractivity contribution is 6.31. The van der Waals surface area contributed by atoms with E-state index >= 15 is 0 Å². The number of anilines is 1. The molecule has 0 radical (unpaired) electrons. The van der Waals surface area contributed by atoms with Gasteiger partial charge in [-0.25, -0.2) is 0 Å². The van der Waals surface area contributed by atoms with Crippen LogP contribution in [-0.4, -0.2) is 43.0 Å². The van der Waals surface area contributed by atoms with Gasteiger partial charge in [0.2, 0.25) is 5.91 Å². The van der Waals surface area contributed by atoms with Crippen molar-refractivity contribution in [2.75, 3.05) is 31.5 Å². The van der Waals surface area contributed by atoms with E-state index in [4.69, 9.17) is 11.6 Å². The molecule has 1 unspecified atom stereocenters. The molecule has 1 aliphatic heterocycles. The van der Waals surface area contributed by atoms with Crippen molar-refractivity contribution in [3.63, 3.8) is 0 Å². The van der Waals surface area contributed by atoms with E-state index in [0.29, 0.717) is 17.6 Å². The van der Waals surface area contributed by atoms with Crippen molar-refractivity contribution >= 4 is 23.2 Å². The van der Waals surface area contributed by atoms with Gasteiger partial charge in [0.05, 0.1) is 6.54 Å². The Bertz CT molecular complexity index is 464. The van der Waals surface area contributed by atoms with E-state index in [0.717, 1.165) is 30.9 Å². The molecule has 1 fully saturated rings.